The van der Waals surface area contributed by atoms with Crippen LogP contribution in [0.5, 0.6) is 0 Å². The first-order valence-electron chi connectivity index (χ1n) is 18.8. The Morgan fingerprint density at radius 2 is 0.982 bits per heavy atom. The van der Waals surface area contributed by atoms with Crippen molar-refractivity contribution in [2.75, 3.05) is 4.90 Å². The van der Waals surface area contributed by atoms with Gasteiger partial charge in [0.25, 0.3) is 0 Å². The van der Waals surface area contributed by atoms with Gasteiger partial charge >= 0.3 is 0 Å². The fraction of sp³-hybridized carbons (Fsp3) is 0. The van der Waals surface area contributed by atoms with Gasteiger partial charge in [0.1, 0.15) is 11.2 Å². The zero-order valence-electron chi connectivity index (χ0n) is 29.9. The van der Waals surface area contributed by atoms with Crippen LogP contribution in [0.25, 0.3) is 82.5 Å². The molecule has 0 N–H and O–H groups in total. The number of hydrogen-bond donors (Lipinski definition) is 0. The van der Waals surface area contributed by atoms with Gasteiger partial charge in [0.15, 0.2) is 0 Å². The number of fused-ring (bicyclic) bond motifs is 7. The average Bonchev–Trinajstić information content (AvgIpc) is 3.79. The van der Waals surface area contributed by atoms with Crippen LogP contribution in [-0.2, 0) is 0 Å². The Hall–Kier alpha value is -7.36. The first-order chi connectivity index (χ1) is 27.3. The highest BCUT2D eigenvalue weighted by atomic mass is 16.3. The van der Waals surface area contributed by atoms with Crippen molar-refractivity contribution in [3.8, 4) is 27.9 Å². The first kappa shape index (κ1) is 31.2. The highest BCUT2D eigenvalue weighted by molar-refractivity contribution is 6.27. The van der Waals surface area contributed by atoms with E-state index in [0.29, 0.717) is 0 Å². The van der Waals surface area contributed by atoms with E-state index in [1.807, 2.05) is 6.07 Å². The van der Waals surface area contributed by atoms with Gasteiger partial charge in [-0.25, -0.2) is 0 Å². The monoisotopic (exact) mass is 702 g/mol. The summed E-state index contributed by atoms with van der Waals surface area (Å²) in [4.78, 5) is 2.35. The maximum Gasteiger partial charge on any atom is 0.138 e. The Bertz CT molecular complexity index is 3170. The Labute approximate surface area is 318 Å². The second-order valence-corrected chi connectivity index (χ2v) is 14.1. The summed E-state index contributed by atoms with van der Waals surface area (Å²) < 4.78 is 9.06. The molecule has 0 spiro atoms. The molecule has 2 heterocycles. The van der Waals surface area contributed by atoms with E-state index in [1.54, 1.807) is 0 Å². The molecule has 11 rings (SSSR count). The van der Waals surface area contributed by atoms with E-state index < -0.39 is 0 Å². The highest BCUT2D eigenvalue weighted by Gasteiger charge is 2.23. The number of hydrogen-bond acceptors (Lipinski definition) is 2. The summed E-state index contributed by atoms with van der Waals surface area (Å²) in [7, 11) is 0. The van der Waals surface area contributed by atoms with Gasteiger partial charge in [-0.3, -0.25) is 0 Å². The number of para-hydroxylation sites is 3. The Kier molecular flexibility index (Phi) is 7.17. The van der Waals surface area contributed by atoms with Gasteiger partial charge in [-0.1, -0.05) is 146 Å². The van der Waals surface area contributed by atoms with Crippen LogP contribution < -0.4 is 4.90 Å². The molecule has 3 nitrogen and oxygen atoms in total. The van der Waals surface area contributed by atoms with Gasteiger partial charge in [0, 0.05) is 55.6 Å². The van der Waals surface area contributed by atoms with Gasteiger partial charge in [-0.05, 0) is 76.7 Å². The van der Waals surface area contributed by atoms with Gasteiger partial charge in [-0.15, -0.1) is 0 Å². The number of aromatic nitrogens is 1. The fourth-order valence-corrected chi connectivity index (χ4v) is 8.52. The molecule has 0 unspecified atom stereocenters. The second kappa shape index (κ2) is 12.6. The predicted molar refractivity (Wildman–Crippen MR) is 231 cm³/mol. The molecule has 55 heavy (non-hydrogen) atoms. The molecule has 0 atom stereocenters. The Morgan fingerprint density at radius 1 is 0.382 bits per heavy atom. The molecular weight excluding hydrogens is 669 g/mol. The average molecular weight is 703 g/mol. The number of benzene rings is 9. The van der Waals surface area contributed by atoms with Crippen LogP contribution in [0.15, 0.2) is 211 Å². The third kappa shape index (κ3) is 5.05. The highest BCUT2D eigenvalue weighted by Crippen LogP contribution is 2.47. The molecule has 0 aliphatic carbocycles. The molecule has 9 aromatic carbocycles. The summed E-state index contributed by atoms with van der Waals surface area (Å²) in [6, 6.07) is 73.8. The van der Waals surface area contributed by atoms with E-state index in [1.165, 1.54) is 38.2 Å². The number of rotatable bonds is 6. The maximum atomic E-state index is 6.67. The van der Waals surface area contributed by atoms with E-state index in [-0.39, 0.29) is 0 Å². The minimum Gasteiger partial charge on any atom is -0.456 e. The van der Waals surface area contributed by atoms with Crippen molar-refractivity contribution in [2.24, 2.45) is 0 Å². The van der Waals surface area contributed by atoms with Crippen molar-refractivity contribution in [2.45, 2.75) is 0 Å². The normalized spacial score (nSPS) is 11.6. The summed E-state index contributed by atoms with van der Waals surface area (Å²) in [5, 5.41) is 7.11. The van der Waals surface area contributed by atoms with Gasteiger partial charge in [0.2, 0.25) is 0 Å². The third-order valence-electron chi connectivity index (χ3n) is 11.0. The topological polar surface area (TPSA) is 21.3 Å². The summed E-state index contributed by atoms with van der Waals surface area (Å²) in [5.41, 5.74) is 13.2. The molecule has 0 amide bonds. The second-order valence-electron chi connectivity index (χ2n) is 14.1. The van der Waals surface area contributed by atoms with Crippen LogP contribution in [-0.4, -0.2) is 4.57 Å². The fourth-order valence-electron chi connectivity index (χ4n) is 8.52. The molecule has 0 aliphatic rings. The number of anilines is 3. The first-order valence-corrected chi connectivity index (χ1v) is 18.8. The van der Waals surface area contributed by atoms with Crippen molar-refractivity contribution < 1.29 is 4.42 Å². The molecule has 3 heteroatoms. The summed E-state index contributed by atoms with van der Waals surface area (Å²) in [5.74, 6) is 0. The van der Waals surface area contributed by atoms with Crippen molar-refractivity contribution in [1.29, 1.82) is 0 Å². The predicted octanol–water partition coefficient (Wildman–Crippen LogP) is 14.6. The zero-order valence-corrected chi connectivity index (χ0v) is 29.9. The lowest BCUT2D eigenvalue weighted by Crippen LogP contribution is -2.10. The van der Waals surface area contributed by atoms with Crippen molar-refractivity contribution in [3.05, 3.63) is 206 Å². The summed E-state index contributed by atoms with van der Waals surface area (Å²) in [6.45, 7) is 0. The van der Waals surface area contributed by atoms with E-state index >= 15 is 0 Å². The molecule has 258 valence electrons. The van der Waals surface area contributed by atoms with E-state index in [9.17, 15) is 0 Å². The molecule has 0 radical (unpaired) electrons. The zero-order chi connectivity index (χ0) is 36.3. The molecule has 2 aromatic heterocycles. The lowest BCUT2D eigenvalue weighted by Gasteiger charge is -2.27. The van der Waals surface area contributed by atoms with Crippen LogP contribution in [0, 0.1) is 0 Å². The standard InChI is InChI=1S/C52H34N2O/c1-3-14-35(15-4-1)36-26-28-38(29-27-36)50-51-43-21-9-11-23-46(43)54(47(51)34-49-52(50)44-22-10-12-25-48(44)55-49)41-32-30-40(31-33-41)53(39-18-5-2-6-19-39)45-24-13-17-37-16-7-8-20-42(37)45/h1-34H. The summed E-state index contributed by atoms with van der Waals surface area (Å²) >= 11 is 0. The van der Waals surface area contributed by atoms with E-state index in [2.05, 4.69) is 210 Å². The largest absolute Gasteiger partial charge is 0.456 e. The molecular formula is C52H34N2O. The molecule has 0 saturated heterocycles. The quantitative estimate of drug-likeness (QED) is 0.172. The molecule has 11 aromatic rings. The van der Waals surface area contributed by atoms with Crippen molar-refractivity contribution in [3.63, 3.8) is 0 Å². The molecule has 0 saturated carbocycles. The van der Waals surface area contributed by atoms with Gasteiger partial charge in [0.05, 0.1) is 16.7 Å². The van der Waals surface area contributed by atoms with Crippen LogP contribution in [0.4, 0.5) is 17.1 Å². The molecule has 0 fully saturated rings. The summed E-state index contributed by atoms with van der Waals surface area (Å²) in [6.07, 6.45) is 0. The number of nitrogens with zero attached hydrogens (tertiary/aromatic N) is 2. The SMILES string of the molecule is c1ccc(-c2ccc(-c3c4c(cc5c3c3ccccc3n5-c3ccc(N(c5ccccc5)c5cccc6ccccc56)cc3)oc3ccccc34)cc2)cc1. The van der Waals surface area contributed by atoms with Crippen LogP contribution in [0.3, 0.4) is 0 Å². The lowest BCUT2D eigenvalue weighted by atomic mass is 9.93. The lowest BCUT2D eigenvalue weighted by molar-refractivity contribution is 0.669. The minimum atomic E-state index is 0.878. The molecule has 0 aliphatic heterocycles. The smallest absolute Gasteiger partial charge is 0.138 e. The minimum absolute atomic E-state index is 0.878. The van der Waals surface area contributed by atoms with Crippen LogP contribution in [0.1, 0.15) is 0 Å². The van der Waals surface area contributed by atoms with Crippen molar-refractivity contribution >= 4 is 71.6 Å². The Balaban J connectivity index is 1.14. The van der Waals surface area contributed by atoms with Gasteiger partial charge < -0.3 is 13.9 Å². The maximum absolute atomic E-state index is 6.67. The van der Waals surface area contributed by atoms with Crippen LogP contribution >= 0.6 is 0 Å². The third-order valence-corrected chi connectivity index (χ3v) is 11.0. The van der Waals surface area contributed by atoms with Crippen molar-refractivity contribution in [1.82, 2.24) is 4.57 Å². The van der Waals surface area contributed by atoms with E-state index in [4.69, 9.17) is 4.42 Å². The van der Waals surface area contributed by atoms with Crippen LogP contribution in [0.2, 0.25) is 0 Å². The van der Waals surface area contributed by atoms with E-state index in [0.717, 1.165) is 61.3 Å². The van der Waals surface area contributed by atoms with Gasteiger partial charge in [-0.2, -0.15) is 0 Å². The number of furan rings is 1. The molecule has 0 bridgehead atoms. The Morgan fingerprint density at radius 3 is 1.78 bits per heavy atom.